The van der Waals surface area contributed by atoms with Crippen molar-refractivity contribution in [3.8, 4) is 28.5 Å². The first-order chi connectivity index (χ1) is 19.4. The predicted octanol–water partition coefficient (Wildman–Crippen LogP) is 3.90. The van der Waals surface area contributed by atoms with Crippen molar-refractivity contribution in [3.63, 3.8) is 0 Å². The lowest BCUT2D eigenvalue weighted by molar-refractivity contribution is -0.0494. The Balaban J connectivity index is 1.30. The smallest absolute Gasteiger partial charge is 0.387 e. The van der Waals surface area contributed by atoms with Crippen LogP contribution < -0.4 is 20.1 Å². The van der Waals surface area contributed by atoms with Crippen LogP contribution in [-0.2, 0) is 7.05 Å². The van der Waals surface area contributed by atoms with E-state index >= 15 is 0 Å². The van der Waals surface area contributed by atoms with Gasteiger partial charge < -0.3 is 20.1 Å². The van der Waals surface area contributed by atoms with E-state index < -0.39 is 12.5 Å². The Bertz CT molecular complexity index is 1660. The number of hydrogen-bond donors (Lipinski definition) is 2. The van der Waals surface area contributed by atoms with E-state index in [4.69, 9.17) is 9.47 Å². The van der Waals surface area contributed by atoms with Crippen molar-refractivity contribution in [2.75, 3.05) is 18.4 Å². The Morgan fingerprint density at radius 2 is 2.00 bits per heavy atom. The number of anilines is 1. The minimum atomic E-state index is -3.07. The Hall–Kier alpha value is -4.85. The van der Waals surface area contributed by atoms with Gasteiger partial charge in [0.2, 0.25) is 0 Å². The molecule has 0 unspecified atom stereocenters. The van der Waals surface area contributed by atoms with Gasteiger partial charge in [-0.3, -0.25) is 14.2 Å². The van der Waals surface area contributed by atoms with Gasteiger partial charge in [0.25, 0.3) is 5.91 Å². The summed E-state index contributed by atoms with van der Waals surface area (Å²) in [6, 6.07) is 6.41. The van der Waals surface area contributed by atoms with Crippen LogP contribution in [0.5, 0.6) is 17.2 Å². The van der Waals surface area contributed by atoms with Gasteiger partial charge in [0.15, 0.2) is 11.4 Å². The fourth-order valence-corrected chi connectivity index (χ4v) is 4.69. The second-order valence-corrected chi connectivity index (χ2v) is 9.24. The molecule has 5 aromatic rings. The molecule has 206 valence electrons. The van der Waals surface area contributed by atoms with Gasteiger partial charge in [-0.1, -0.05) is 0 Å². The molecule has 4 aromatic heterocycles. The largest absolute Gasteiger partial charge is 0.454 e. The molecule has 6 rings (SSSR count). The highest BCUT2D eigenvalue weighted by molar-refractivity contribution is 6.09. The number of aryl methyl sites for hydroxylation is 1. The van der Waals surface area contributed by atoms with Gasteiger partial charge in [-0.2, -0.15) is 24.1 Å². The number of amides is 1. The Morgan fingerprint density at radius 1 is 1.15 bits per heavy atom. The van der Waals surface area contributed by atoms with E-state index in [0.29, 0.717) is 17.1 Å². The molecular weight excluding hydrogens is 524 g/mol. The zero-order valence-electron chi connectivity index (χ0n) is 21.4. The van der Waals surface area contributed by atoms with Crippen LogP contribution in [0, 0.1) is 0 Å². The molecule has 0 saturated carbocycles. The van der Waals surface area contributed by atoms with Gasteiger partial charge >= 0.3 is 6.61 Å². The Morgan fingerprint density at radius 3 is 2.83 bits per heavy atom. The molecule has 2 N–H and O–H groups in total. The number of nitrogens with one attached hydrogen (secondary N) is 2. The van der Waals surface area contributed by atoms with Crippen molar-refractivity contribution in [1.29, 1.82) is 0 Å². The van der Waals surface area contributed by atoms with Crippen molar-refractivity contribution in [2.45, 2.75) is 25.5 Å². The zero-order chi connectivity index (χ0) is 27.6. The number of benzene rings is 1. The number of rotatable bonds is 8. The Labute approximate surface area is 226 Å². The van der Waals surface area contributed by atoms with Crippen LogP contribution in [0.2, 0.25) is 0 Å². The monoisotopic (exact) mass is 549 g/mol. The topological polar surface area (TPSA) is 125 Å². The minimum Gasteiger partial charge on any atom is -0.454 e. The number of fused-ring (bicyclic) bond motifs is 1. The molecule has 0 atom stereocenters. The van der Waals surface area contributed by atoms with E-state index in [1.54, 1.807) is 37.9 Å². The van der Waals surface area contributed by atoms with E-state index in [1.165, 1.54) is 33.6 Å². The molecule has 5 heterocycles. The third kappa shape index (κ3) is 5.20. The summed E-state index contributed by atoms with van der Waals surface area (Å²) in [4.78, 5) is 17.4. The maximum atomic E-state index is 13.3. The van der Waals surface area contributed by atoms with Crippen LogP contribution in [0.4, 0.5) is 14.5 Å². The number of piperidine rings is 1. The van der Waals surface area contributed by atoms with Crippen molar-refractivity contribution in [1.82, 2.24) is 39.5 Å². The van der Waals surface area contributed by atoms with E-state index in [-0.39, 0.29) is 34.3 Å². The summed E-state index contributed by atoms with van der Waals surface area (Å²) in [6.07, 6.45) is 11.5. The second-order valence-electron chi connectivity index (χ2n) is 9.24. The average Bonchev–Trinajstić information content (AvgIpc) is 3.68. The average molecular weight is 550 g/mol. The third-order valence-electron chi connectivity index (χ3n) is 6.52. The number of hydrogen-bond acceptors (Lipinski definition) is 8. The number of carbonyl (C=O) groups is 1. The summed E-state index contributed by atoms with van der Waals surface area (Å²) in [5, 5.41) is 19.1. The van der Waals surface area contributed by atoms with Gasteiger partial charge in [0.1, 0.15) is 22.8 Å². The molecule has 1 aliphatic heterocycles. The molecule has 1 saturated heterocycles. The number of carbonyl (C=O) groups excluding carboxylic acids is 1. The molecule has 1 aromatic carbocycles. The molecule has 1 amide bonds. The number of halogens is 2. The van der Waals surface area contributed by atoms with Gasteiger partial charge in [-0.25, -0.2) is 9.50 Å². The van der Waals surface area contributed by atoms with E-state index in [1.807, 2.05) is 10.9 Å². The highest BCUT2D eigenvalue weighted by Crippen LogP contribution is 2.39. The number of alkyl halides is 2. The van der Waals surface area contributed by atoms with Gasteiger partial charge in [0.05, 0.1) is 35.9 Å². The summed E-state index contributed by atoms with van der Waals surface area (Å²) in [5.41, 5.74) is 1.30. The number of ether oxygens (including phenoxy) is 2. The van der Waals surface area contributed by atoms with Gasteiger partial charge in [-0.15, -0.1) is 0 Å². The molecular formula is C26H25F2N9O3. The van der Waals surface area contributed by atoms with Gasteiger partial charge in [-0.05, 0) is 50.2 Å². The van der Waals surface area contributed by atoms with Crippen LogP contribution in [0.25, 0.3) is 16.9 Å². The summed E-state index contributed by atoms with van der Waals surface area (Å²) >= 11 is 0. The summed E-state index contributed by atoms with van der Waals surface area (Å²) < 4.78 is 42.3. The van der Waals surface area contributed by atoms with Gasteiger partial charge in [0, 0.05) is 25.6 Å². The lowest BCUT2D eigenvalue weighted by atomic mass is 10.1. The van der Waals surface area contributed by atoms with Crippen molar-refractivity contribution < 1.29 is 23.0 Å². The van der Waals surface area contributed by atoms with Crippen molar-refractivity contribution in [3.05, 3.63) is 67.0 Å². The summed E-state index contributed by atoms with van der Waals surface area (Å²) in [6.45, 7) is -1.22. The van der Waals surface area contributed by atoms with Crippen LogP contribution in [0.3, 0.4) is 0 Å². The van der Waals surface area contributed by atoms with Crippen molar-refractivity contribution >= 4 is 17.2 Å². The van der Waals surface area contributed by atoms with Crippen LogP contribution >= 0.6 is 0 Å². The van der Waals surface area contributed by atoms with E-state index in [2.05, 4.69) is 30.9 Å². The lowest BCUT2D eigenvalue weighted by Crippen LogP contribution is -2.29. The number of nitrogens with zero attached hydrogens (tertiary/aromatic N) is 7. The van der Waals surface area contributed by atoms with Crippen molar-refractivity contribution in [2.24, 2.45) is 7.05 Å². The first kappa shape index (κ1) is 25.4. The molecule has 14 heteroatoms. The normalized spacial score (nSPS) is 14.1. The molecule has 1 aliphatic rings. The second kappa shape index (κ2) is 10.7. The molecule has 0 aliphatic carbocycles. The first-order valence-electron chi connectivity index (χ1n) is 12.6. The lowest BCUT2D eigenvalue weighted by Gasteiger charge is -2.22. The standard InChI is InChI=1S/C26H25F2N9O3/c1-35-15-21(33-25(38)20-13-32-36-10-2-7-30-24(20)36)23(34-35)19-11-17(3-4-22(19)40-26(27)28)39-18-12-31-37(14-18)16-5-8-29-9-6-16/h2-4,7,10-16,26,29H,5-6,8-9H2,1H3,(H,33,38). The molecule has 12 nitrogen and oxygen atoms in total. The highest BCUT2D eigenvalue weighted by atomic mass is 19.3. The van der Waals surface area contributed by atoms with Crippen LogP contribution in [0.15, 0.2) is 61.4 Å². The molecule has 0 bridgehead atoms. The minimum absolute atomic E-state index is 0.125. The van der Waals surface area contributed by atoms with Crippen LogP contribution in [-0.4, -0.2) is 59.8 Å². The third-order valence-corrected chi connectivity index (χ3v) is 6.52. The molecule has 0 radical (unpaired) electrons. The maximum Gasteiger partial charge on any atom is 0.387 e. The predicted molar refractivity (Wildman–Crippen MR) is 140 cm³/mol. The fourth-order valence-electron chi connectivity index (χ4n) is 4.69. The van der Waals surface area contributed by atoms with E-state index in [9.17, 15) is 13.6 Å². The molecule has 1 fully saturated rings. The summed E-state index contributed by atoms with van der Waals surface area (Å²) in [7, 11) is 1.65. The zero-order valence-corrected chi connectivity index (χ0v) is 21.4. The van der Waals surface area contributed by atoms with E-state index in [0.717, 1.165) is 25.9 Å². The molecule has 0 spiro atoms. The fraction of sp³-hybridized carbons (Fsp3) is 0.269. The quantitative estimate of drug-likeness (QED) is 0.299. The SMILES string of the molecule is Cn1cc(NC(=O)c2cnn3cccnc23)c(-c2cc(Oc3cnn(C4CCNCC4)c3)ccc2OC(F)F)n1. The molecule has 40 heavy (non-hydrogen) atoms. The first-order valence-corrected chi connectivity index (χ1v) is 12.6. The maximum absolute atomic E-state index is 13.3. The Kier molecular flexibility index (Phi) is 6.82. The summed E-state index contributed by atoms with van der Waals surface area (Å²) in [5.74, 6) is 0.245. The highest BCUT2D eigenvalue weighted by Gasteiger charge is 2.22. The number of aromatic nitrogens is 7. The van der Waals surface area contributed by atoms with Crippen LogP contribution in [0.1, 0.15) is 29.2 Å².